The fraction of sp³-hybridized carbons (Fsp3) is 0.364. The molecule has 0 spiro atoms. The van der Waals surface area contributed by atoms with Crippen molar-refractivity contribution in [2.24, 2.45) is 0 Å². The minimum absolute atomic E-state index is 0.0909. The average molecular weight is 298 g/mol. The number of nitriles is 1. The molecule has 1 heterocycles. The lowest BCUT2D eigenvalue weighted by atomic mass is 10.2. The zero-order valence-corrected chi connectivity index (χ0v) is 11.1. The van der Waals surface area contributed by atoms with E-state index in [4.69, 9.17) is 10.4 Å². The number of pyridine rings is 1. The van der Waals surface area contributed by atoms with E-state index in [0.29, 0.717) is 16.7 Å². The van der Waals surface area contributed by atoms with Crippen LogP contribution in [-0.4, -0.2) is 29.1 Å². The summed E-state index contributed by atoms with van der Waals surface area (Å²) in [4.78, 5) is 16.9. The fourth-order valence-corrected chi connectivity index (χ4v) is 1.68. The Morgan fingerprint density at radius 2 is 2.41 bits per heavy atom. The summed E-state index contributed by atoms with van der Waals surface area (Å²) in [5.74, 6) is -0.673. The molecule has 1 rings (SSSR count). The van der Waals surface area contributed by atoms with Gasteiger partial charge < -0.3 is 10.0 Å². The molecule has 0 aromatic carbocycles. The van der Waals surface area contributed by atoms with Gasteiger partial charge >= 0.3 is 5.97 Å². The Hall–Kier alpha value is -1.61. The van der Waals surface area contributed by atoms with Crippen molar-refractivity contribution in [1.82, 2.24) is 4.98 Å². The first-order valence-corrected chi connectivity index (χ1v) is 5.75. The van der Waals surface area contributed by atoms with Gasteiger partial charge in [0.25, 0.3) is 0 Å². The highest BCUT2D eigenvalue weighted by Crippen LogP contribution is 2.22. The Bertz CT molecular complexity index is 470. The van der Waals surface area contributed by atoms with Crippen molar-refractivity contribution in [1.29, 1.82) is 5.26 Å². The summed E-state index contributed by atoms with van der Waals surface area (Å²) in [5, 5.41) is 17.7. The average Bonchev–Trinajstić information content (AvgIpc) is 2.28. The summed E-state index contributed by atoms with van der Waals surface area (Å²) in [7, 11) is 1.73. The number of hydrogen-bond acceptors (Lipinski definition) is 4. The highest BCUT2D eigenvalue weighted by Gasteiger charge is 2.19. The molecule has 0 radical (unpaired) electrons. The molecule has 1 atom stereocenters. The van der Waals surface area contributed by atoms with Crippen molar-refractivity contribution in [2.45, 2.75) is 19.4 Å². The van der Waals surface area contributed by atoms with Crippen molar-refractivity contribution in [3.05, 3.63) is 22.3 Å². The molecule has 0 aliphatic rings. The fourth-order valence-electron chi connectivity index (χ4n) is 1.35. The Labute approximate surface area is 108 Å². The maximum absolute atomic E-state index is 11.1. The van der Waals surface area contributed by atoms with E-state index < -0.39 is 5.97 Å². The first-order valence-electron chi connectivity index (χ1n) is 4.96. The molecule has 17 heavy (non-hydrogen) atoms. The van der Waals surface area contributed by atoms with Crippen LogP contribution in [0, 0.1) is 11.3 Å². The first kappa shape index (κ1) is 13.5. The molecule has 0 saturated carbocycles. The summed E-state index contributed by atoms with van der Waals surface area (Å²) in [6.07, 6.45) is 1.85. The number of carboxylic acid groups (broad SMARTS) is 1. The first-order chi connectivity index (χ1) is 7.97. The third-order valence-electron chi connectivity index (χ3n) is 2.45. The normalized spacial score (nSPS) is 11.6. The van der Waals surface area contributed by atoms with E-state index in [9.17, 15) is 4.79 Å². The lowest BCUT2D eigenvalue weighted by Gasteiger charge is -2.25. The second kappa shape index (κ2) is 5.64. The van der Waals surface area contributed by atoms with Crippen molar-refractivity contribution >= 4 is 27.7 Å². The van der Waals surface area contributed by atoms with Crippen LogP contribution in [0.25, 0.3) is 0 Å². The van der Waals surface area contributed by atoms with Gasteiger partial charge in [-0.2, -0.15) is 5.26 Å². The predicted molar refractivity (Wildman–Crippen MR) is 67.0 cm³/mol. The quantitative estimate of drug-likeness (QED) is 0.922. The largest absolute Gasteiger partial charge is 0.478 e. The molecule has 1 aromatic rings. The molecule has 0 saturated heterocycles. The zero-order valence-electron chi connectivity index (χ0n) is 9.51. The van der Waals surface area contributed by atoms with E-state index in [0.717, 1.165) is 0 Å². The SMILES string of the molecule is CC(CC#N)N(C)c1ncc(Br)cc1C(=O)O. The van der Waals surface area contributed by atoms with Crippen LogP contribution in [0.1, 0.15) is 23.7 Å². The number of halogens is 1. The smallest absolute Gasteiger partial charge is 0.339 e. The lowest BCUT2D eigenvalue weighted by molar-refractivity contribution is 0.0697. The Kier molecular flexibility index (Phi) is 4.46. The van der Waals surface area contributed by atoms with E-state index in [-0.39, 0.29) is 11.6 Å². The summed E-state index contributed by atoms with van der Waals surface area (Å²) in [5.41, 5.74) is 0.117. The van der Waals surface area contributed by atoms with Crippen molar-refractivity contribution < 1.29 is 9.90 Å². The number of carboxylic acids is 1. The summed E-state index contributed by atoms with van der Waals surface area (Å²) >= 11 is 3.18. The molecule has 1 N–H and O–H groups in total. The Balaban J connectivity index is 3.13. The van der Waals surface area contributed by atoms with Gasteiger partial charge in [-0.15, -0.1) is 0 Å². The predicted octanol–water partition coefficient (Wildman–Crippen LogP) is 2.28. The molecule has 0 fully saturated rings. The summed E-state index contributed by atoms with van der Waals surface area (Å²) in [6.45, 7) is 1.85. The Morgan fingerprint density at radius 3 is 2.94 bits per heavy atom. The van der Waals surface area contributed by atoms with Gasteiger partial charge in [0.2, 0.25) is 0 Å². The molecule has 0 amide bonds. The van der Waals surface area contributed by atoms with Crippen LogP contribution >= 0.6 is 15.9 Å². The molecule has 6 heteroatoms. The van der Waals surface area contributed by atoms with Crippen molar-refractivity contribution in [3.8, 4) is 6.07 Å². The highest BCUT2D eigenvalue weighted by molar-refractivity contribution is 9.10. The molecular formula is C11H12BrN3O2. The number of carbonyl (C=O) groups is 1. The third-order valence-corrected chi connectivity index (χ3v) is 2.88. The number of aromatic nitrogens is 1. The van der Waals surface area contributed by atoms with Gasteiger partial charge in [-0.3, -0.25) is 0 Å². The second-order valence-corrected chi connectivity index (χ2v) is 4.57. The summed E-state index contributed by atoms with van der Waals surface area (Å²) in [6, 6.07) is 3.46. The Morgan fingerprint density at radius 1 is 1.76 bits per heavy atom. The standard InChI is InChI=1S/C11H12BrN3O2/c1-7(3-4-13)15(2)10-9(11(16)17)5-8(12)6-14-10/h5-7H,3H2,1-2H3,(H,16,17). The van der Waals surface area contributed by atoms with Crippen LogP contribution in [-0.2, 0) is 0 Å². The van der Waals surface area contributed by atoms with Gasteiger partial charge in [0.15, 0.2) is 0 Å². The highest BCUT2D eigenvalue weighted by atomic mass is 79.9. The van der Waals surface area contributed by atoms with Crippen LogP contribution in [0.3, 0.4) is 0 Å². The number of anilines is 1. The van der Waals surface area contributed by atoms with Crippen molar-refractivity contribution in [3.63, 3.8) is 0 Å². The maximum atomic E-state index is 11.1. The molecule has 0 bridgehead atoms. The molecule has 1 aromatic heterocycles. The zero-order chi connectivity index (χ0) is 13.0. The number of nitrogens with zero attached hydrogens (tertiary/aromatic N) is 3. The van der Waals surface area contributed by atoms with Crippen molar-refractivity contribution in [2.75, 3.05) is 11.9 Å². The summed E-state index contributed by atoms with van der Waals surface area (Å²) < 4.78 is 0.611. The molecule has 90 valence electrons. The minimum atomic E-state index is -1.04. The number of rotatable bonds is 4. The van der Waals surface area contributed by atoms with E-state index in [1.54, 1.807) is 11.9 Å². The van der Waals surface area contributed by atoms with Gasteiger partial charge in [0.05, 0.1) is 12.5 Å². The van der Waals surface area contributed by atoms with E-state index in [1.807, 2.05) is 6.92 Å². The number of hydrogen-bond donors (Lipinski definition) is 1. The van der Waals surface area contributed by atoms with Crippen LogP contribution in [0.5, 0.6) is 0 Å². The van der Waals surface area contributed by atoms with E-state index in [1.165, 1.54) is 12.3 Å². The van der Waals surface area contributed by atoms with Crippen LogP contribution < -0.4 is 4.90 Å². The molecule has 5 nitrogen and oxygen atoms in total. The molecular weight excluding hydrogens is 286 g/mol. The monoisotopic (exact) mass is 297 g/mol. The minimum Gasteiger partial charge on any atom is -0.478 e. The van der Waals surface area contributed by atoms with E-state index >= 15 is 0 Å². The second-order valence-electron chi connectivity index (χ2n) is 3.65. The molecule has 0 aliphatic heterocycles. The van der Waals surface area contributed by atoms with Gasteiger partial charge in [0, 0.05) is 23.8 Å². The van der Waals surface area contributed by atoms with Crippen LogP contribution in [0.15, 0.2) is 16.7 Å². The van der Waals surface area contributed by atoms with Crippen LogP contribution in [0.2, 0.25) is 0 Å². The van der Waals surface area contributed by atoms with Gasteiger partial charge in [-0.1, -0.05) is 0 Å². The van der Waals surface area contributed by atoms with Crippen LogP contribution in [0.4, 0.5) is 5.82 Å². The van der Waals surface area contributed by atoms with Gasteiger partial charge in [-0.25, -0.2) is 9.78 Å². The number of aromatic carboxylic acids is 1. The maximum Gasteiger partial charge on any atom is 0.339 e. The molecule has 0 aliphatic carbocycles. The molecule has 1 unspecified atom stereocenters. The topological polar surface area (TPSA) is 77.2 Å². The third kappa shape index (κ3) is 3.17. The van der Waals surface area contributed by atoms with Gasteiger partial charge in [0.1, 0.15) is 11.4 Å². The lowest BCUT2D eigenvalue weighted by Crippen LogP contribution is -2.30. The van der Waals surface area contributed by atoms with Gasteiger partial charge in [-0.05, 0) is 28.9 Å². The van der Waals surface area contributed by atoms with E-state index in [2.05, 4.69) is 27.0 Å².